The Bertz CT molecular complexity index is 555. The molecule has 3 aliphatic heterocycles. The Balaban J connectivity index is 1.61. The summed E-state index contributed by atoms with van der Waals surface area (Å²) in [6, 6.07) is 0.311. The topological polar surface area (TPSA) is 60.9 Å². The van der Waals surface area contributed by atoms with Gasteiger partial charge in [0.1, 0.15) is 0 Å². The lowest BCUT2D eigenvalue weighted by Crippen LogP contribution is -2.51. The Labute approximate surface area is 156 Å². The fourth-order valence-corrected chi connectivity index (χ4v) is 6.13. The molecule has 3 saturated heterocycles. The molecule has 0 aliphatic carbocycles. The molecule has 144 valence electrons. The summed E-state index contributed by atoms with van der Waals surface area (Å²) in [5.41, 5.74) is 0. The van der Waals surface area contributed by atoms with E-state index in [0.717, 1.165) is 44.1 Å². The number of hydrogen-bond donors (Lipinski definition) is 0. The lowest BCUT2D eigenvalue weighted by Gasteiger charge is -2.37. The lowest BCUT2D eigenvalue weighted by atomic mass is 9.95. The highest BCUT2D eigenvalue weighted by atomic mass is 32.2. The highest BCUT2D eigenvalue weighted by Gasteiger charge is 2.35. The molecule has 0 saturated carbocycles. The monoisotopic (exact) mass is 389 g/mol. The van der Waals surface area contributed by atoms with E-state index in [2.05, 4.69) is 9.80 Å². The van der Waals surface area contributed by atoms with Crippen molar-refractivity contribution in [1.82, 2.24) is 14.1 Å². The second-order valence-electron chi connectivity index (χ2n) is 7.56. The van der Waals surface area contributed by atoms with Crippen LogP contribution in [0.15, 0.2) is 0 Å². The number of rotatable bonds is 4. The van der Waals surface area contributed by atoms with Gasteiger partial charge in [0.2, 0.25) is 15.9 Å². The van der Waals surface area contributed by atoms with Crippen LogP contribution >= 0.6 is 11.8 Å². The number of thioether (sulfide) groups is 1. The Morgan fingerprint density at radius 3 is 2.36 bits per heavy atom. The first-order chi connectivity index (χ1) is 11.9. The Morgan fingerprint density at radius 1 is 1.04 bits per heavy atom. The van der Waals surface area contributed by atoms with Crippen LogP contribution in [0.2, 0.25) is 0 Å². The standard InChI is InChI=1S/C17H31N3O3S2/c1-25(22,23)19-10-5-15(6-11-19)17(21)20-9-4-12-24-14-16(20)13-18-7-2-3-8-18/h15-16H,2-14H2,1H3. The van der Waals surface area contributed by atoms with Crippen molar-refractivity contribution in [2.45, 2.75) is 38.1 Å². The van der Waals surface area contributed by atoms with E-state index < -0.39 is 10.0 Å². The summed E-state index contributed by atoms with van der Waals surface area (Å²) in [5.74, 6) is 2.42. The number of amides is 1. The SMILES string of the molecule is CS(=O)(=O)N1CCC(C(=O)N2CCCSCC2CN2CCCC2)CC1. The van der Waals surface area contributed by atoms with Crippen LogP contribution in [0.25, 0.3) is 0 Å². The molecule has 3 rings (SSSR count). The predicted octanol–water partition coefficient (Wildman–Crippen LogP) is 1.09. The highest BCUT2D eigenvalue weighted by Crippen LogP contribution is 2.26. The van der Waals surface area contributed by atoms with Crippen molar-refractivity contribution >= 4 is 27.7 Å². The van der Waals surface area contributed by atoms with E-state index in [1.54, 1.807) is 0 Å². The van der Waals surface area contributed by atoms with E-state index in [0.29, 0.717) is 32.0 Å². The number of sulfonamides is 1. The van der Waals surface area contributed by atoms with E-state index in [1.807, 2.05) is 11.8 Å². The molecule has 1 atom stereocenters. The second-order valence-corrected chi connectivity index (χ2v) is 10.7. The van der Waals surface area contributed by atoms with Crippen LogP contribution in [0.5, 0.6) is 0 Å². The molecule has 3 fully saturated rings. The van der Waals surface area contributed by atoms with E-state index in [4.69, 9.17) is 0 Å². The number of carbonyl (C=O) groups excluding carboxylic acids is 1. The zero-order valence-electron chi connectivity index (χ0n) is 15.2. The van der Waals surface area contributed by atoms with E-state index in [9.17, 15) is 13.2 Å². The van der Waals surface area contributed by atoms with Gasteiger partial charge in [0.05, 0.1) is 12.3 Å². The normalized spacial score (nSPS) is 28.2. The predicted molar refractivity (Wildman–Crippen MR) is 102 cm³/mol. The first kappa shape index (κ1) is 19.5. The summed E-state index contributed by atoms with van der Waals surface area (Å²) < 4.78 is 24.9. The molecule has 0 aromatic heterocycles. The smallest absolute Gasteiger partial charge is 0.226 e. The molecule has 8 heteroatoms. The van der Waals surface area contributed by atoms with Crippen LogP contribution in [0, 0.1) is 5.92 Å². The van der Waals surface area contributed by atoms with Gasteiger partial charge in [-0.05, 0) is 50.9 Å². The van der Waals surface area contributed by atoms with Crippen molar-refractivity contribution in [2.75, 3.05) is 57.0 Å². The van der Waals surface area contributed by atoms with Gasteiger partial charge >= 0.3 is 0 Å². The third-order valence-electron chi connectivity index (χ3n) is 5.66. The number of piperidine rings is 1. The molecule has 0 N–H and O–H groups in total. The van der Waals surface area contributed by atoms with Gasteiger partial charge in [0.25, 0.3) is 0 Å². The van der Waals surface area contributed by atoms with Crippen molar-refractivity contribution in [1.29, 1.82) is 0 Å². The quantitative estimate of drug-likeness (QED) is 0.720. The minimum atomic E-state index is -3.13. The number of nitrogens with zero attached hydrogens (tertiary/aromatic N) is 3. The van der Waals surface area contributed by atoms with Gasteiger partial charge in [0, 0.05) is 37.8 Å². The molecule has 1 unspecified atom stereocenters. The Kier molecular flexibility index (Phi) is 6.68. The molecule has 3 aliphatic rings. The summed E-state index contributed by atoms with van der Waals surface area (Å²) in [4.78, 5) is 17.8. The molecule has 25 heavy (non-hydrogen) atoms. The lowest BCUT2D eigenvalue weighted by molar-refractivity contribution is -0.139. The zero-order valence-corrected chi connectivity index (χ0v) is 16.9. The van der Waals surface area contributed by atoms with E-state index in [-0.39, 0.29) is 11.8 Å². The minimum Gasteiger partial charge on any atom is -0.337 e. The van der Waals surface area contributed by atoms with Gasteiger partial charge in [0.15, 0.2) is 0 Å². The fraction of sp³-hybridized carbons (Fsp3) is 0.941. The second kappa shape index (κ2) is 8.59. The Hall–Kier alpha value is -0.310. The van der Waals surface area contributed by atoms with Crippen molar-refractivity contribution in [3.05, 3.63) is 0 Å². The molecule has 0 aromatic rings. The summed E-state index contributed by atoms with van der Waals surface area (Å²) in [5, 5.41) is 0. The molecule has 0 radical (unpaired) electrons. The maximum atomic E-state index is 13.2. The van der Waals surface area contributed by atoms with Crippen LogP contribution in [0.4, 0.5) is 0 Å². The number of likely N-dealkylation sites (tertiary alicyclic amines) is 1. The maximum absolute atomic E-state index is 13.2. The van der Waals surface area contributed by atoms with Crippen LogP contribution in [-0.4, -0.2) is 91.5 Å². The van der Waals surface area contributed by atoms with Crippen LogP contribution < -0.4 is 0 Å². The summed E-state index contributed by atoms with van der Waals surface area (Å²) in [6.45, 7) is 5.15. The molecule has 0 aromatic carbocycles. The van der Waals surface area contributed by atoms with E-state index in [1.165, 1.54) is 23.4 Å². The minimum absolute atomic E-state index is 0.0119. The van der Waals surface area contributed by atoms with Gasteiger partial charge in [-0.3, -0.25) is 4.79 Å². The Morgan fingerprint density at radius 2 is 1.72 bits per heavy atom. The third-order valence-corrected chi connectivity index (χ3v) is 8.16. The first-order valence-corrected chi connectivity index (χ1v) is 12.5. The molecular formula is C17H31N3O3S2. The molecule has 3 heterocycles. The summed E-state index contributed by atoms with van der Waals surface area (Å²) in [6.07, 6.45) is 6.19. The van der Waals surface area contributed by atoms with Gasteiger partial charge in [-0.1, -0.05) is 0 Å². The summed E-state index contributed by atoms with van der Waals surface area (Å²) in [7, 11) is -3.13. The number of hydrogen-bond acceptors (Lipinski definition) is 5. The van der Waals surface area contributed by atoms with Gasteiger partial charge in [-0.2, -0.15) is 11.8 Å². The number of carbonyl (C=O) groups is 1. The maximum Gasteiger partial charge on any atom is 0.226 e. The van der Waals surface area contributed by atoms with Gasteiger partial charge < -0.3 is 9.80 Å². The molecule has 0 spiro atoms. The van der Waals surface area contributed by atoms with E-state index >= 15 is 0 Å². The summed E-state index contributed by atoms with van der Waals surface area (Å²) >= 11 is 1.97. The molecule has 0 bridgehead atoms. The van der Waals surface area contributed by atoms with Crippen molar-refractivity contribution in [3.63, 3.8) is 0 Å². The van der Waals surface area contributed by atoms with Crippen molar-refractivity contribution in [3.8, 4) is 0 Å². The molecule has 1 amide bonds. The third kappa shape index (κ3) is 5.11. The van der Waals surface area contributed by atoms with Crippen LogP contribution in [-0.2, 0) is 14.8 Å². The van der Waals surface area contributed by atoms with Crippen molar-refractivity contribution in [2.24, 2.45) is 5.92 Å². The average Bonchev–Trinajstić information content (AvgIpc) is 2.98. The first-order valence-electron chi connectivity index (χ1n) is 9.51. The fourth-order valence-electron chi connectivity index (χ4n) is 4.20. The van der Waals surface area contributed by atoms with Crippen molar-refractivity contribution < 1.29 is 13.2 Å². The molecule has 6 nitrogen and oxygen atoms in total. The largest absolute Gasteiger partial charge is 0.337 e. The highest BCUT2D eigenvalue weighted by molar-refractivity contribution is 7.99. The van der Waals surface area contributed by atoms with Crippen LogP contribution in [0.3, 0.4) is 0 Å². The molecular weight excluding hydrogens is 358 g/mol. The van der Waals surface area contributed by atoms with Gasteiger partial charge in [-0.25, -0.2) is 12.7 Å². The van der Waals surface area contributed by atoms with Gasteiger partial charge in [-0.15, -0.1) is 0 Å². The van der Waals surface area contributed by atoms with Crippen LogP contribution in [0.1, 0.15) is 32.1 Å². The average molecular weight is 390 g/mol. The zero-order chi connectivity index (χ0) is 17.9.